The van der Waals surface area contributed by atoms with Crippen LogP contribution in [0.4, 0.5) is 4.79 Å². The maximum absolute atomic E-state index is 12.3. The summed E-state index contributed by atoms with van der Waals surface area (Å²) < 4.78 is 32.7. The largest absolute Gasteiger partial charge is 0.440 e. The number of hydrogen-bond donors (Lipinski definition) is 3. The van der Waals surface area contributed by atoms with Crippen molar-refractivity contribution < 1.29 is 17.9 Å². The second-order valence-corrected chi connectivity index (χ2v) is 9.97. The highest BCUT2D eigenvalue weighted by atomic mass is 32.2. The zero-order valence-electron chi connectivity index (χ0n) is 17.5. The van der Waals surface area contributed by atoms with Gasteiger partial charge in [-0.15, -0.1) is 0 Å². The van der Waals surface area contributed by atoms with Crippen LogP contribution >= 0.6 is 0 Å². The number of ether oxygens (including phenoxy) is 1. The number of amides is 1. The Labute approximate surface area is 178 Å². The molecule has 3 N–H and O–H groups in total. The predicted octanol–water partition coefficient (Wildman–Crippen LogP) is 2.59. The van der Waals surface area contributed by atoms with Crippen LogP contribution in [0.3, 0.4) is 0 Å². The van der Waals surface area contributed by atoms with E-state index in [1.807, 2.05) is 31.3 Å². The number of carbonyl (C=O) groups excluding carboxylic acids is 1. The van der Waals surface area contributed by atoms with Gasteiger partial charge in [0.15, 0.2) is 0 Å². The summed E-state index contributed by atoms with van der Waals surface area (Å²) in [5, 5.41) is 5.13. The number of sulfonamides is 1. The minimum atomic E-state index is -3.50. The van der Waals surface area contributed by atoms with E-state index in [2.05, 4.69) is 39.6 Å². The summed E-state index contributed by atoms with van der Waals surface area (Å²) in [6, 6.07) is 15.5. The third-order valence-electron chi connectivity index (χ3n) is 5.19. The van der Waals surface area contributed by atoms with Crippen molar-refractivity contribution in [2.24, 2.45) is 0 Å². The summed E-state index contributed by atoms with van der Waals surface area (Å²) in [6.07, 6.45) is -0.267. The summed E-state index contributed by atoms with van der Waals surface area (Å²) in [6.45, 7) is 4.33. The van der Waals surface area contributed by atoms with Gasteiger partial charge in [-0.3, -0.25) is 0 Å². The zero-order valence-corrected chi connectivity index (χ0v) is 18.3. The number of likely N-dealkylation sites (N-methyl/N-ethyl adjacent to an activating group) is 1. The highest BCUT2D eigenvalue weighted by molar-refractivity contribution is 7.90. The van der Waals surface area contributed by atoms with Crippen LogP contribution in [0.15, 0.2) is 48.5 Å². The lowest BCUT2D eigenvalue weighted by Gasteiger charge is -2.32. The number of benzene rings is 2. The standard InChI is InChI=1S/C22H29N3O4S/c1-15(2)30(27,28)25-20-14-24-22(26)29-21(20)19-10-8-18(9-11-19)17-6-4-16(5-7-17)12-13-23-3/h4-11,15,20-21,23,25H,12-14H2,1-3H3,(H,24,26). The third-order valence-corrected chi connectivity index (χ3v) is 7.06. The second-order valence-electron chi connectivity index (χ2n) is 7.70. The van der Waals surface area contributed by atoms with E-state index in [0.29, 0.717) is 0 Å². The molecule has 30 heavy (non-hydrogen) atoms. The van der Waals surface area contributed by atoms with Crippen molar-refractivity contribution in [3.63, 3.8) is 0 Å². The lowest BCUT2D eigenvalue weighted by atomic mass is 9.97. The van der Waals surface area contributed by atoms with Crippen molar-refractivity contribution in [2.45, 2.75) is 37.7 Å². The molecule has 2 aromatic rings. The van der Waals surface area contributed by atoms with E-state index in [4.69, 9.17) is 4.74 Å². The topological polar surface area (TPSA) is 96.5 Å². The summed E-state index contributed by atoms with van der Waals surface area (Å²) >= 11 is 0. The lowest BCUT2D eigenvalue weighted by molar-refractivity contribution is 0.0567. The Morgan fingerprint density at radius 2 is 1.67 bits per heavy atom. The van der Waals surface area contributed by atoms with Gasteiger partial charge in [0, 0.05) is 6.54 Å². The normalized spacial score (nSPS) is 19.4. The van der Waals surface area contributed by atoms with E-state index < -0.39 is 33.5 Å². The zero-order chi connectivity index (χ0) is 21.7. The number of hydrogen-bond acceptors (Lipinski definition) is 5. The predicted molar refractivity (Wildman–Crippen MR) is 118 cm³/mol. The molecule has 1 aliphatic rings. The van der Waals surface area contributed by atoms with Gasteiger partial charge in [-0.25, -0.2) is 17.9 Å². The van der Waals surface area contributed by atoms with E-state index in [0.717, 1.165) is 29.7 Å². The van der Waals surface area contributed by atoms with Crippen LogP contribution in [0.2, 0.25) is 0 Å². The summed E-state index contributed by atoms with van der Waals surface area (Å²) in [4.78, 5) is 11.8. The van der Waals surface area contributed by atoms with Crippen molar-refractivity contribution in [1.82, 2.24) is 15.4 Å². The molecular weight excluding hydrogens is 402 g/mol. The first-order valence-electron chi connectivity index (χ1n) is 10.1. The van der Waals surface area contributed by atoms with Gasteiger partial charge in [0.1, 0.15) is 6.10 Å². The molecular formula is C22H29N3O4S. The van der Waals surface area contributed by atoms with Crippen molar-refractivity contribution in [2.75, 3.05) is 20.1 Å². The van der Waals surface area contributed by atoms with Gasteiger partial charge in [-0.05, 0) is 56.1 Å². The number of carbonyl (C=O) groups is 1. The Hall–Kier alpha value is -2.42. The smallest absolute Gasteiger partial charge is 0.407 e. The molecule has 2 unspecified atom stereocenters. The Bertz CT molecular complexity index is 957. The summed E-state index contributed by atoms with van der Waals surface area (Å²) in [5.74, 6) is 0. The molecule has 1 fully saturated rings. The molecule has 2 atom stereocenters. The monoisotopic (exact) mass is 431 g/mol. The molecule has 3 rings (SSSR count). The van der Waals surface area contributed by atoms with E-state index >= 15 is 0 Å². The number of nitrogens with one attached hydrogen (secondary N) is 3. The van der Waals surface area contributed by atoms with E-state index in [-0.39, 0.29) is 6.54 Å². The van der Waals surface area contributed by atoms with Crippen LogP contribution in [-0.2, 0) is 21.2 Å². The first-order chi connectivity index (χ1) is 14.3. The Kier molecular flexibility index (Phi) is 7.12. The minimum absolute atomic E-state index is 0.172. The average molecular weight is 432 g/mol. The first-order valence-corrected chi connectivity index (χ1v) is 11.6. The molecule has 8 heteroatoms. The van der Waals surface area contributed by atoms with Gasteiger partial charge in [-0.1, -0.05) is 48.5 Å². The Morgan fingerprint density at radius 3 is 2.23 bits per heavy atom. The van der Waals surface area contributed by atoms with Gasteiger partial charge in [0.25, 0.3) is 0 Å². The molecule has 0 saturated carbocycles. The number of cyclic esters (lactones) is 1. The highest BCUT2D eigenvalue weighted by Gasteiger charge is 2.35. The molecule has 162 valence electrons. The molecule has 1 saturated heterocycles. The molecule has 1 amide bonds. The molecule has 7 nitrogen and oxygen atoms in total. The minimum Gasteiger partial charge on any atom is -0.440 e. The van der Waals surface area contributed by atoms with Crippen LogP contribution in [0.1, 0.15) is 31.1 Å². The van der Waals surface area contributed by atoms with Gasteiger partial charge >= 0.3 is 6.09 Å². The Balaban J connectivity index is 1.78. The fraction of sp³-hybridized carbons (Fsp3) is 0.409. The van der Waals surface area contributed by atoms with Crippen molar-refractivity contribution in [3.05, 3.63) is 59.7 Å². The number of rotatable bonds is 8. The van der Waals surface area contributed by atoms with Crippen LogP contribution in [-0.4, -0.2) is 45.9 Å². The second kappa shape index (κ2) is 9.59. The lowest BCUT2D eigenvalue weighted by Crippen LogP contribution is -2.53. The van der Waals surface area contributed by atoms with Gasteiger partial charge in [0.2, 0.25) is 10.0 Å². The molecule has 2 aromatic carbocycles. The molecule has 1 aliphatic heterocycles. The average Bonchev–Trinajstić information content (AvgIpc) is 2.74. The van der Waals surface area contributed by atoms with Crippen LogP contribution in [0, 0.1) is 0 Å². The van der Waals surface area contributed by atoms with Gasteiger partial charge < -0.3 is 15.4 Å². The molecule has 0 bridgehead atoms. The third kappa shape index (κ3) is 5.38. The van der Waals surface area contributed by atoms with Crippen molar-refractivity contribution >= 4 is 16.1 Å². The fourth-order valence-corrected chi connectivity index (χ4v) is 4.19. The maximum atomic E-state index is 12.3. The SMILES string of the molecule is CNCCc1ccc(-c2ccc(C3OC(=O)NCC3NS(=O)(=O)C(C)C)cc2)cc1. The molecule has 1 heterocycles. The van der Waals surface area contributed by atoms with Crippen LogP contribution in [0.25, 0.3) is 11.1 Å². The van der Waals surface area contributed by atoms with Gasteiger partial charge in [-0.2, -0.15) is 0 Å². The summed E-state index contributed by atoms with van der Waals surface area (Å²) in [5.41, 5.74) is 4.15. The first kappa shape index (κ1) is 22.3. The fourth-order valence-electron chi connectivity index (χ4n) is 3.29. The van der Waals surface area contributed by atoms with E-state index in [1.54, 1.807) is 13.8 Å². The van der Waals surface area contributed by atoms with E-state index in [1.165, 1.54) is 5.56 Å². The van der Waals surface area contributed by atoms with Crippen molar-refractivity contribution in [1.29, 1.82) is 0 Å². The van der Waals surface area contributed by atoms with Crippen molar-refractivity contribution in [3.8, 4) is 11.1 Å². The van der Waals surface area contributed by atoms with Crippen LogP contribution < -0.4 is 15.4 Å². The quantitative estimate of drug-likeness (QED) is 0.597. The maximum Gasteiger partial charge on any atom is 0.407 e. The molecule has 0 radical (unpaired) electrons. The molecule has 0 aromatic heterocycles. The highest BCUT2D eigenvalue weighted by Crippen LogP contribution is 2.28. The molecule has 0 aliphatic carbocycles. The molecule has 0 spiro atoms. The van der Waals surface area contributed by atoms with Crippen LogP contribution in [0.5, 0.6) is 0 Å². The Morgan fingerprint density at radius 1 is 1.07 bits per heavy atom. The van der Waals surface area contributed by atoms with E-state index in [9.17, 15) is 13.2 Å². The van der Waals surface area contributed by atoms with Gasteiger partial charge in [0.05, 0.1) is 11.3 Å². The summed E-state index contributed by atoms with van der Waals surface area (Å²) in [7, 11) is -1.57. The number of alkyl carbamates (subject to hydrolysis) is 1.